The second-order valence-corrected chi connectivity index (χ2v) is 11.0. The quantitative estimate of drug-likeness (QED) is 0.356. The lowest BCUT2D eigenvalue weighted by Gasteiger charge is -2.20. The van der Waals surface area contributed by atoms with Crippen LogP contribution in [0, 0.1) is 0 Å². The molecule has 1 aromatic heterocycles. The van der Waals surface area contributed by atoms with Crippen molar-refractivity contribution < 1.29 is 27.5 Å². The second kappa shape index (κ2) is 8.16. The van der Waals surface area contributed by atoms with Crippen LogP contribution in [0.25, 0.3) is 22.3 Å². The number of carboxylic acids is 1. The fourth-order valence-electron chi connectivity index (χ4n) is 4.71. The molecule has 3 aromatic carbocycles. The van der Waals surface area contributed by atoms with Gasteiger partial charge in [-0.05, 0) is 73.2 Å². The molecule has 1 saturated heterocycles. The molecule has 178 valence electrons. The van der Waals surface area contributed by atoms with Gasteiger partial charge in [0.25, 0.3) is 0 Å². The van der Waals surface area contributed by atoms with Gasteiger partial charge in [-0.1, -0.05) is 18.2 Å². The van der Waals surface area contributed by atoms with Gasteiger partial charge in [-0.25, -0.2) is 13.2 Å². The first kappa shape index (κ1) is 21.7. The zero-order valence-electron chi connectivity index (χ0n) is 18.8. The molecule has 0 bridgehead atoms. The van der Waals surface area contributed by atoms with Gasteiger partial charge in [-0.15, -0.1) is 0 Å². The Morgan fingerprint density at radius 2 is 1.71 bits per heavy atom. The molecule has 7 nitrogen and oxygen atoms in total. The van der Waals surface area contributed by atoms with E-state index in [9.17, 15) is 18.3 Å². The van der Waals surface area contributed by atoms with Gasteiger partial charge < -0.3 is 14.3 Å². The summed E-state index contributed by atoms with van der Waals surface area (Å²) in [6.07, 6.45) is 2.50. The lowest BCUT2D eigenvalue weighted by Crippen LogP contribution is -2.26. The molecule has 1 N–H and O–H groups in total. The van der Waals surface area contributed by atoms with E-state index in [0.717, 1.165) is 18.4 Å². The van der Waals surface area contributed by atoms with Crippen LogP contribution in [-0.4, -0.2) is 31.8 Å². The SMILES string of the molecule is O=C(O)c1c(-c2ccc(Oc3ccccc3)cc2)oc2cc(N3CCCS3(=O)=O)c(C3CC3)cc12. The lowest BCUT2D eigenvalue weighted by atomic mass is 10.0. The van der Waals surface area contributed by atoms with Crippen LogP contribution in [0.5, 0.6) is 11.5 Å². The Hall–Kier alpha value is -3.78. The van der Waals surface area contributed by atoms with Gasteiger partial charge in [0, 0.05) is 23.6 Å². The number of carboxylic acid groups (broad SMARTS) is 1. The summed E-state index contributed by atoms with van der Waals surface area (Å²) >= 11 is 0. The number of sulfonamides is 1. The van der Waals surface area contributed by atoms with Crippen molar-refractivity contribution in [2.24, 2.45) is 0 Å². The van der Waals surface area contributed by atoms with Crippen LogP contribution in [0.15, 0.2) is 71.1 Å². The topological polar surface area (TPSA) is 97.1 Å². The highest BCUT2D eigenvalue weighted by Gasteiger charge is 2.36. The van der Waals surface area contributed by atoms with E-state index in [0.29, 0.717) is 46.7 Å². The molecule has 2 heterocycles. The predicted octanol–water partition coefficient (Wildman–Crippen LogP) is 6.01. The summed E-state index contributed by atoms with van der Waals surface area (Å²) in [5, 5.41) is 10.6. The van der Waals surface area contributed by atoms with Gasteiger partial charge in [0.05, 0.1) is 11.4 Å². The minimum Gasteiger partial charge on any atom is -0.478 e. The molecule has 0 spiro atoms. The molecule has 1 saturated carbocycles. The molecule has 1 aliphatic heterocycles. The monoisotopic (exact) mass is 489 g/mol. The van der Waals surface area contributed by atoms with E-state index >= 15 is 0 Å². The Balaban J connectivity index is 1.44. The first-order chi connectivity index (χ1) is 16.9. The van der Waals surface area contributed by atoms with Gasteiger partial charge in [0.1, 0.15) is 28.4 Å². The Bertz CT molecular complexity index is 1540. The number of para-hydroxylation sites is 1. The van der Waals surface area contributed by atoms with Crippen LogP contribution in [0.4, 0.5) is 5.69 Å². The van der Waals surface area contributed by atoms with Gasteiger partial charge in [-0.2, -0.15) is 0 Å². The van der Waals surface area contributed by atoms with Crippen LogP contribution < -0.4 is 9.04 Å². The van der Waals surface area contributed by atoms with Crippen molar-refractivity contribution in [1.82, 2.24) is 0 Å². The van der Waals surface area contributed by atoms with E-state index < -0.39 is 16.0 Å². The van der Waals surface area contributed by atoms with Crippen LogP contribution in [-0.2, 0) is 10.0 Å². The number of ether oxygens (including phenoxy) is 1. The summed E-state index contributed by atoms with van der Waals surface area (Å²) < 4.78 is 38.7. The average Bonchev–Trinajstić information content (AvgIpc) is 3.53. The number of anilines is 1. The van der Waals surface area contributed by atoms with E-state index in [1.165, 1.54) is 4.31 Å². The first-order valence-electron chi connectivity index (χ1n) is 11.6. The standard InChI is InChI=1S/C27H23NO6S/c29-27(30)25-22-15-21(17-7-8-17)23(28-13-4-14-35(28,31)32)16-24(22)34-26(25)18-9-11-20(12-10-18)33-19-5-2-1-3-6-19/h1-3,5-6,9-12,15-17H,4,7-8,13-14H2,(H,29,30). The molecule has 6 rings (SSSR count). The van der Waals surface area contributed by atoms with Crippen molar-refractivity contribution in [3.63, 3.8) is 0 Å². The van der Waals surface area contributed by atoms with Crippen molar-refractivity contribution in [3.8, 4) is 22.8 Å². The van der Waals surface area contributed by atoms with E-state index in [1.807, 2.05) is 36.4 Å². The number of furan rings is 1. The molecule has 0 amide bonds. The number of benzene rings is 3. The normalized spacial score (nSPS) is 17.1. The molecular formula is C27H23NO6S. The van der Waals surface area contributed by atoms with Crippen LogP contribution in [0.3, 0.4) is 0 Å². The fourth-order valence-corrected chi connectivity index (χ4v) is 6.29. The number of nitrogens with zero attached hydrogens (tertiary/aromatic N) is 1. The number of fused-ring (bicyclic) bond motifs is 1. The molecule has 2 aliphatic rings. The molecule has 2 fully saturated rings. The molecule has 0 unspecified atom stereocenters. The Labute approximate surface area is 202 Å². The zero-order chi connectivity index (χ0) is 24.2. The summed E-state index contributed by atoms with van der Waals surface area (Å²) in [5.74, 6) is 0.821. The van der Waals surface area contributed by atoms with Crippen molar-refractivity contribution in [2.75, 3.05) is 16.6 Å². The highest BCUT2D eigenvalue weighted by Crippen LogP contribution is 2.48. The van der Waals surface area contributed by atoms with Gasteiger partial charge in [0.2, 0.25) is 10.0 Å². The lowest BCUT2D eigenvalue weighted by molar-refractivity contribution is 0.0699. The van der Waals surface area contributed by atoms with Crippen LogP contribution >= 0.6 is 0 Å². The van der Waals surface area contributed by atoms with E-state index in [1.54, 1.807) is 30.3 Å². The highest BCUT2D eigenvalue weighted by molar-refractivity contribution is 7.93. The Kier molecular flexibility index (Phi) is 5.07. The summed E-state index contributed by atoms with van der Waals surface area (Å²) in [7, 11) is -3.38. The summed E-state index contributed by atoms with van der Waals surface area (Å²) in [5.41, 5.74) is 2.53. The Morgan fingerprint density at radius 3 is 2.34 bits per heavy atom. The van der Waals surface area contributed by atoms with Gasteiger partial charge in [-0.3, -0.25) is 4.31 Å². The second-order valence-electron chi connectivity index (χ2n) is 8.97. The molecule has 8 heteroatoms. The third kappa shape index (κ3) is 3.93. The number of carbonyl (C=O) groups is 1. The number of hydrogen-bond donors (Lipinski definition) is 1. The van der Waals surface area contributed by atoms with Crippen molar-refractivity contribution in [3.05, 3.63) is 77.9 Å². The maximum atomic E-state index is 12.6. The molecule has 1 aliphatic carbocycles. The van der Waals surface area contributed by atoms with Crippen LogP contribution in [0.1, 0.15) is 41.1 Å². The number of hydrogen-bond acceptors (Lipinski definition) is 5. The zero-order valence-corrected chi connectivity index (χ0v) is 19.6. The number of aromatic carboxylic acids is 1. The fraction of sp³-hybridized carbons (Fsp3) is 0.222. The smallest absolute Gasteiger partial charge is 0.340 e. The summed E-state index contributed by atoms with van der Waals surface area (Å²) in [6, 6.07) is 19.9. The van der Waals surface area contributed by atoms with Crippen molar-refractivity contribution in [1.29, 1.82) is 0 Å². The molecule has 0 atom stereocenters. The summed E-state index contributed by atoms with van der Waals surface area (Å²) in [6.45, 7) is 0.426. The third-order valence-electron chi connectivity index (χ3n) is 6.53. The maximum Gasteiger partial charge on any atom is 0.340 e. The minimum absolute atomic E-state index is 0.0782. The van der Waals surface area contributed by atoms with Crippen molar-refractivity contribution >= 4 is 32.6 Å². The summed E-state index contributed by atoms with van der Waals surface area (Å²) in [4.78, 5) is 12.3. The van der Waals surface area contributed by atoms with E-state index in [4.69, 9.17) is 9.15 Å². The van der Waals surface area contributed by atoms with Gasteiger partial charge in [0.15, 0.2) is 0 Å². The molecule has 4 aromatic rings. The predicted molar refractivity (Wildman–Crippen MR) is 133 cm³/mol. The average molecular weight is 490 g/mol. The molecular weight excluding hydrogens is 466 g/mol. The third-order valence-corrected chi connectivity index (χ3v) is 8.39. The van der Waals surface area contributed by atoms with Crippen molar-refractivity contribution in [2.45, 2.75) is 25.2 Å². The molecule has 0 radical (unpaired) electrons. The number of rotatable bonds is 6. The minimum atomic E-state index is -3.38. The first-order valence-corrected chi connectivity index (χ1v) is 13.2. The largest absolute Gasteiger partial charge is 0.478 e. The van der Waals surface area contributed by atoms with E-state index in [-0.39, 0.29) is 23.0 Å². The van der Waals surface area contributed by atoms with Crippen LogP contribution in [0.2, 0.25) is 0 Å². The van der Waals surface area contributed by atoms with Gasteiger partial charge >= 0.3 is 5.97 Å². The maximum absolute atomic E-state index is 12.6. The van der Waals surface area contributed by atoms with E-state index in [2.05, 4.69) is 0 Å². The Morgan fingerprint density at radius 1 is 1.00 bits per heavy atom. The highest BCUT2D eigenvalue weighted by atomic mass is 32.2. The molecule has 35 heavy (non-hydrogen) atoms.